The summed E-state index contributed by atoms with van der Waals surface area (Å²) < 4.78 is 0. The Morgan fingerprint density at radius 3 is 2.47 bits per heavy atom. The van der Waals surface area contributed by atoms with E-state index < -0.39 is 0 Å². The quantitative estimate of drug-likeness (QED) is 0.702. The van der Waals surface area contributed by atoms with Crippen LogP contribution in [0.1, 0.15) is 31.1 Å². The van der Waals surface area contributed by atoms with E-state index in [0.29, 0.717) is 11.4 Å². The zero-order valence-corrected chi connectivity index (χ0v) is 9.16. The molecule has 3 nitrogen and oxygen atoms in total. The Labute approximate surface area is 89.2 Å². The molecule has 0 atom stereocenters. The molecule has 0 radical (unpaired) electrons. The van der Waals surface area contributed by atoms with E-state index in [0.717, 1.165) is 5.69 Å². The molecule has 0 unspecified atom stereocenters. The van der Waals surface area contributed by atoms with Crippen molar-refractivity contribution in [2.75, 3.05) is 5.32 Å². The summed E-state index contributed by atoms with van der Waals surface area (Å²) in [5, 5.41) is 3.04. The summed E-state index contributed by atoms with van der Waals surface area (Å²) in [5.41, 5.74) is 1.33. The molecule has 1 aliphatic rings. The van der Waals surface area contributed by atoms with Gasteiger partial charge in [-0.05, 0) is 32.9 Å². The van der Waals surface area contributed by atoms with Crippen LogP contribution >= 0.6 is 0 Å². The molecule has 0 aliphatic carbocycles. The third-order valence-corrected chi connectivity index (χ3v) is 2.09. The number of carbonyl (C=O) groups excluding carboxylic acids is 1. The topological polar surface area (TPSA) is 41.5 Å². The Balaban J connectivity index is 2.40. The van der Waals surface area contributed by atoms with Crippen molar-refractivity contribution in [3.63, 3.8) is 0 Å². The molecule has 1 N–H and O–H groups in total. The van der Waals surface area contributed by atoms with Gasteiger partial charge in [0.2, 0.25) is 5.78 Å². The van der Waals surface area contributed by atoms with E-state index in [1.807, 2.05) is 45.0 Å². The smallest absolute Gasteiger partial charge is 0.229 e. The lowest BCUT2D eigenvalue weighted by atomic mass is 10.1. The molecule has 2 rings (SSSR count). The van der Waals surface area contributed by atoms with Gasteiger partial charge in [0.05, 0.1) is 11.2 Å². The Bertz CT molecular complexity index is 441. The van der Waals surface area contributed by atoms with E-state index in [1.165, 1.54) is 0 Å². The number of ketones is 1. The summed E-state index contributed by atoms with van der Waals surface area (Å²) >= 11 is 0. The van der Waals surface area contributed by atoms with Crippen LogP contribution in [-0.4, -0.2) is 17.2 Å². The number of Topliss-reactive ketones (excluding diaryl/α,β-unsaturated/α-hetero) is 1. The molecule has 0 bridgehead atoms. The maximum Gasteiger partial charge on any atom is 0.229 e. The number of benzene rings is 1. The predicted molar refractivity (Wildman–Crippen MR) is 61.6 cm³/mol. The van der Waals surface area contributed by atoms with Crippen molar-refractivity contribution in [3.05, 3.63) is 29.8 Å². The van der Waals surface area contributed by atoms with Gasteiger partial charge in [-0.3, -0.25) is 9.79 Å². The van der Waals surface area contributed by atoms with Crippen LogP contribution in [0.4, 0.5) is 5.69 Å². The molecule has 0 fully saturated rings. The molecule has 0 saturated carbocycles. The maximum absolute atomic E-state index is 11.9. The lowest BCUT2D eigenvalue weighted by molar-refractivity contribution is 0.106. The first-order valence-corrected chi connectivity index (χ1v) is 4.98. The van der Waals surface area contributed by atoms with Crippen LogP contribution in [0.25, 0.3) is 0 Å². The zero-order chi connectivity index (χ0) is 11.1. The lowest BCUT2D eigenvalue weighted by Crippen LogP contribution is -2.21. The fraction of sp³-hybridized carbons (Fsp3) is 0.333. The highest BCUT2D eigenvalue weighted by atomic mass is 16.1. The van der Waals surface area contributed by atoms with Gasteiger partial charge < -0.3 is 5.32 Å². The summed E-state index contributed by atoms with van der Waals surface area (Å²) in [6.45, 7) is 5.91. The first-order chi connectivity index (χ1) is 6.97. The second-order valence-electron chi connectivity index (χ2n) is 4.63. The number of hydrogen-bond acceptors (Lipinski definition) is 2. The van der Waals surface area contributed by atoms with Crippen molar-refractivity contribution >= 4 is 17.3 Å². The number of fused-ring (bicyclic) bond motifs is 1. The zero-order valence-electron chi connectivity index (χ0n) is 9.16. The third kappa shape index (κ3) is 1.91. The molecule has 1 aromatic rings. The third-order valence-electron chi connectivity index (χ3n) is 2.09. The van der Waals surface area contributed by atoms with Crippen LogP contribution in [0, 0.1) is 0 Å². The van der Waals surface area contributed by atoms with Gasteiger partial charge in [0.15, 0.2) is 5.84 Å². The Morgan fingerprint density at radius 2 is 1.87 bits per heavy atom. The van der Waals surface area contributed by atoms with Crippen LogP contribution in [-0.2, 0) is 0 Å². The molecule has 0 aromatic heterocycles. The van der Waals surface area contributed by atoms with Gasteiger partial charge in [-0.1, -0.05) is 12.1 Å². The van der Waals surface area contributed by atoms with Crippen molar-refractivity contribution < 1.29 is 4.79 Å². The molecule has 0 saturated heterocycles. The highest BCUT2D eigenvalue weighted by molar-refractivity contribution is 6.53. The van der Waals surface area contributed by atoms with E-state index in [4.69, 9.17) is 0 Å². The molecule has 0 spiro atoms. The SMILES string of the molecule is CC(C)(C)N=C1Nc2ccccc2C1=O. The van der Waals surface area contributed by atoms with E-state index in [1.54, 1.807) is 0 Å². The number of amidine groups is 1. The minimum atomic E-state index is -0.236. The van der Waals surface area contributed by atoms with E-state index >= 15 is 0 Å². The number of para-hydroxylation sites is 1. The monoisotopic (exact) mass is 202 g/mol. The highest BCUT2D eigenvalue weighted by Gasteiger charge is 2.26. The first kappa shape index (κ1) is 9.90. The molecule has 78 valence electrons. The molecule has 15 heavy (non-hydrogen) atoms. The number of rotatable bonds is 0. The van der Waals surface area contributed by atoms with Crippen molar-refractivity contribution in [1.29, 1.82) is 0 Å². The summed E-state index contributed by atoms with van der Waals surface area (Å²) in [4.78, 5) is 16.2. The molecular weight excluding hydrogens is 188 g/mol. The average molecular weight is 202 g/mol. The van der Waals surface area contributed by atoms with E-state index in [2.05, 4.69) is 10.3 Å². The van der Waals surface area contributed by atoms with Gasteiger partial charge in [-0.2, -0.15) is 0 Å². The van der Waals surface area contributed by atoms with Crippen LogP contribution < -0.4 is 5.32 Å². The first-order valence-electron chi connectivity index (χ1n) is 4.98. The average Bonchev–Trinajstić information content (AvgIpc) is 2.42. The number of carbonyl (C=O) groups is 1. The number of nitrogens with zero attached hydrogens (tertiary/aromatic N) is 1. The van der Waals surface area contributed by atoms with Crippen molar-refractivity contribution in [3.8, 4) is 0 Å². The normalized spacial score (nSPS) is 17.8. The molecule has 1 aromatic carbocycles. The van der Waals surface area contributed by atoms with Gasteiger partial charge in [-0.15, -0.1) is 0 Å². The molecule has 1 aliphatic heterocycles. The highest BCUT2D eigenvalue weighted by Crippen LogP contribution is 2.23. The number of aliphatic imine (C=N–C) groups is 1. The molecule has 1 heterocycles. The molecule has 3 heteroatoms. The van der Waals surface area contributed by atoms with E-state index in [9.17, 15) is 4.79 Å². The fourth-order valence-corrected chi connectivity index (χ4v) is 1.52. The summed E-state index contributed by atoms with van der Waals surface area (Å²) in [6, 6.07) is 7.46. The minimum absolute atomic E-state index is 0.0134. The fourth-order valence-electron chi connectivity index (χ4n) is 1.52. The van der Waals surface area contributed by atoms with E-state index in [-0.39, 0.29) is 11.3 Å². The standard InChI is InChI=1S/C12H14N2O/c1-12(2,3)14-11-10(15)8-6-4-5-7-9(8)13-11/h4-7H,1-3H3,(H,13,14,15). The van der Waals surface area contributed by atoms with Gasteiger partial charge in [0.1, 0.15) is 0 Å². The molecular formula is C12H14N2O. The lowest BCUT2D eigenvalue weighted by Gasteiger charge is -2.12. The van der Waals surface area contributed by atoms with Crippen LogP contribution in [0.2, 0.25) is 0 Å². The van der Waals surface area contributed by atoms with Crippen LogP contribution in [0.15, 0.2) is 29.3 Å². The summed E-state index contributed by atoms with van der Waals surface area (Å²) in [5.74, 6) is 0.434. The molecule has 0 amide bonds. The Morgan fingerprint density at radius 1 is 1.20 bits per heavy atom. The van der Waals surface area contributed by atoms with Crippen LogP contribution in [0.5, 0.6) is 0 Å². The van der Waals surface area contributed by atoms with Crippen molar-refractivity contribution in [1.82, 2.24) is 0 Å². The summed E-state index contributed by atoms with van der Waals surface area (Å²) in [7, 11) is 0. The van der Waals surface area contributed by atoms with Gasteiger partial charge in [0.25, 0.3) is 0 Å². The maximum atomic E-state index is 11.9. The van der Waals surface area contributed by atoms with Gasteiger partial charge in [-0.25, -0.2) is 0 Å². The largest absolute Gasteiger partial charge is 0.337 e. The van der Waals surface area contributed by atoms with Crippen LogP contribution in [0.3, 0.4) is 0 Å². The number of anilines is 1. The van der Waals surface area contributed by atoms with Crippen molar-refractivity contribution in [2.45, 2.75) is 26.3 Å². The predicted octanol–water partition coefficient (Wildman–Crippen LogP) is 2.49. The minimum Gasteiger partial charge on any atom is -0.337 e. The Hall–Kier alpha value is -1.64. The second-order valence-corrected chi connectivity index (χ2v) is 4.63. The number of hydrogen-bond donors (Lipinski definition) is 1. The number of nitrogens with one attached hydrogen (secondary N) is 1. The summed E-state index contributed by atoms with van der Waals surface area (Å²) in [6.07, 6.45) is 0. The van der Waals surface area contributed by atoms with Gasteiger partial charge in [0, 0.05) is 5.56 Å². The van der Waals surface area contributed by atoms with Crippen molar-refractivity contribution in [2.24, 2.45) is 4.99 Å². The van der Waals surface area contributed by atoms with Gasteiger partial charge >= 0.3 is 0 Å². The second kappa shape index (κ2) is 3.19. The Kier molecular flexibility index (Phi) is 2.11.